The summed E-state index contributed by atoms with van der Waals surface area (Å²) in [6, 6.07) is 6.68. The third-order valence-corrected chi connectivity index (χ3v) is 3.59. The summed E-state index contributed by atoms with van der Waals surface area (Å²) in [5.74, 6) is -0.501. The number of anilines is 1. The average molecular weight is 335 g/mol. The second-order valence-electron chi connectivity index (χ2n) is 7.15. The maximum absolute atomic E-state index is 12.4. The van der Waals surface area contributed by atoms with E-state index < -0.39 is 23.3 Å². The first-order chi connectivity index (χ1) is 11.2. The molecule has 6 nitrogen and oxygen atoms in total. The number of carbonyl (C=O) groups excluding carboxylic acids is 2. The molecule has 0 unspecified atom stereocenters. The number of para-hydroxylation sites is 1. The summed E-state index contributed by atoms with van der Waals surface area (Å²) in [6.07, 6.45) is 1.21. The Morgan fingerprint density at radius 1 is 1.29 bits per heavy atom. The summed E-state index contributed by atoms with van der Waals surface area (Å²) >= 11 is 0. The van der Waals surface area contributed by atoms with Gasteiger partial charge in [0.25, 0.3) is 0 Å². The topological polar surface area (TPSA) is 73.9 Å². The summed E-state index contributed by atoms with van der Waals surface area (Å²) in [7, 11) is 0. The first kappa shape index (κ1) is 18.3. The smallest absolute Gasteiger partial charge is 0.412 e. The van der Waals surface area contributed by atoms with E-state index in [1.165, 1.54) is 0 Å². The van der Waals surface area contributed by atoms with Crippen LogP contribution in [0.5, 0.6) is 0 Å². The van der Waals surface area contributed by atoms with Gasteiger partial charge >= 0.3 is 12.1 Å². The minimum atomic E-state index is -0.617. The normalized spacial score (nSPS) is 20.5. The van der Waals surface area contributed by atoms with Crippen LogP contribution < -0.4 is 5.32 Å². The lowest BCUT2D eigenvalue weighted by Crippen LogP contribution is -2.31. The van der Waals surface area contributed by atoms with Crippen molar-refractivity contribution in [1.82, 2.24) is 0 Å². The van der Waals surface area contributed by atoms with Crippen molar-refractivity contribution in [3.05, 3.63) is 29.8 Å². The van der Waals surface area contributed by atoms with E-state index in [4.69, 9.17) is 14.2 Å². The van der Waals surface area contributed by atoms with Crippen LogP contribution in [0.15, 0.2) is 24.3 Å². The largest absolute Gasteiger partial charge is 0.459 e. The molecular weight excluding hydrogens is 310 g/mol. The summed E-state index contributed by atoms with van der Waals surface area (Å²) < 4.78 is 16.2. The summed E-state index contributed by atoms with van der Waals surface area (Å²) in [5.41, 5.74) is -0.406. The Kier molecular flexibility index (Phi) is 5.49. The van der Waals surface area contributed by atoms with Gasteiger partial charge in [0.05, 0.1) is 16.9 Å². The Hall–Kier alpha value is -2.08. The molecule has 6 heteroatoms. The van der Waals surface area contributed by atoms with Crippen LogP contribution in [0.3, 0.4) is 0 Å². The van der Waals surface area contributed by atoms with Gasteiger partial charge < -0.3 is 14.2 Å². The third-order valence-electron chi connectivity index (χ3n) is 3.59. The number of benzene rings is 1. The van der Waals surface area contributed by atoms with Crippen molar-refractivity contribution in [2.24, 2.45) is 0 Å². The number of hydrogen-bond donors (Lipinski definition) is 1. The van der Waals surface area contributed by atoms with E-state index >= 15 is 0 Å². The van der Waals surface area contributed by atoms with Crippen LogP contribution in [0.1, 0.15) is 50.9 Å². The fourth-order valence-electron chi connectivity index (χ4n) is 2.43. The van der Waals surface area contributed by atoms with E-state index in [0.717, 1.165) is 12.8 Å². The first-order valence-electron chi connectivity index (χ1n) is 8.09. The molecular formula is C18H25NO5. The molecule has 1 heterocycles. The van der Waals surface area contributed by atoms with Crippen LogP contribution in [0.25, 0.3) is 0 Å². The zero-order valence-electron chi connectivity index (χ0n) is 14.7. The highest BCUT2D eigenvalue weighted by atomic mass is 16.6. The number of esters is 1. The fourth-order valence-corrected chi connectivity index (χ4v) is 2.43. The Bertz CT molecular complexity index is 600. The molecule has 1 amide bonds. The van der Waals surface area contributed by atoms with Gasteiger partial charge in [0, 0.05) is 6.61 Å². The third kappa shape index (κ3) is 5.23. The number of ether oxygens (including phenoxy) is 3. The second kappa shape index (κ2) is 7.21. The van der Waals surface area contributed by atoms with Crippen molar-refractivity contribution in [1.29, 1.82) is 0 Å². The van der Waals surface area contributed by atoms with Crippen molar-refractivity contribution in [2.75, 3.05) is 18.5 Å². The zero-order chi connectivity index (χ0) is 17.8. The molecule has 0 bridgehead atoms. The molecule has 1 saturated heterocycles. The molecule has 1 aliphatic heterocycles. The van der Waals surface area contributed by atoms with E-state index in [9.17, 15) is 9.59 Å². The SMILES string of the molecule is CC(C)(C)OC(=O)Nc1ccccc1C(=O)OC[C@@]1(C)CCCO1. The van der Waals surface area contributed by atoms with Gasteiger partial charge in [-0.2, -0.15) is 0 Å². The molecule has 2 rings (SSSR count). The molecule has 0 aromatic heterocycles. The summed E-state index contributed by atoms with van der Waals surface area (Å²) in [5, 5.41) is 2.59. The lowest BCUT2D eigenvalue weighted by Gasteiger charge is -2.23. The number of carbonyl (C=O) groups is 2. The minimum Gasteiger partial charge on any atom is -0.459 e. The van der Waals surface area contributed by atoms with E-state index in [-0.39, 0.29) is 12.2 Å². The predicted molar refractivity (Wildman–Crippen MR) is 90.2 cm³/mol. The Labute approximate surface area is 142 Å². The standard InChI is InChI=1S/C18H25NO5/c1-17(2,3)24-16(21)19-14-9-6-5-8-13(14)15(20)22-12-18(4)10-7-11-23-18/h5-6,8-9H,7,10-12H2,1-4H3,(H,19,21)/t18-/m1/s1. The Morgan fingerprint density at radius 2 is 2.00 bits per heavy atom. The summed E-state index contributed by atoms with van der Waals surface area (Å²) in [6.45, 7) is 8.12. The number of rotatable bonds is 4. The second-order valence-corrected chi connectivity index (χ2v) is 7.15. The molecule has 1 aromatic rings. The molecule has 1 N–H and O–H groups in total. The van der Waals surface area contributed by atoms with Crippen molar-refractivity contribution < 1.29 is 23.8 Å². The maximum atomic E-state index is 12.4. The molecule has 0 spiro atoms. The fraction of sp³-hybridized carbons (Fsp3) is 0.556. The van der Waals surface area contributed by atoms with Crippen LogP contribution >= 0.6 is 0 Å². The average Bonchev–Trinajstić information content (AvgIpc) is 2.91. The van der Waals surface area contributed by atoms with E-state index in [0.29, 0.717) is 12.3 Å². The number of amides is 1. The molecule has 24 heavy (non-hydrogen) atoms. The van der Waals surface area contributed by atoms with Gasteiger partial charge in [0.2, 0.25) is 0 Å². The van der Waals surface area contributed by atoms with Crippen molar-refractivity contribution in [2.45, 2.75) is 51.7 Å². The first-order valence-corrected chi connectivity index (χ1v) is 8.09. The quantitative estimate of drug-likeness (QED) is 0.848. The van der Waals surface area contributed by atoms with Crippen LogP contribution in [-0.2, 0) is 14.2 Å². The molecule has 1 aliphatic rings. The lowest BCUT2D eigenvalue weighted by atomic mass is 10.0. The van der Waals surface area contributed by atoms with Gasteiger partial charge in [-0.1, -0.05) is 12.1 Å². The van der Waals surface area contributed by atoms with Crippen LogP contribution in [0, 0.1) is 0 Å². The van der Waals surface area contributed by atoms with Gasteiger partial charge in [-0.15, -0.1) is 0 Å². The molecule has 1 atom stereocenters. The summed E-state index contributed by atoms with van der Waals surface area (Å²) in [4.78, 5) is 24.3. The van der Waals surface area contributed by atoms with Crippen molar-refractivity contribution in [3.8, 4) is 0 Å². The highest BCUT2D eigenvalue weighted by Gasteiger charge is 2.31. The van der Waals surface area contributed by atoms with Gasteiger partial charge in [-0.25, -0.2) is 9.59 Å². The molecule has 0 radical (unpaired) electrons. The number of nitrogens with one attached hydrogen (secondary N) is 1. The zero-order valence-corrected chi connectivity index (χ0v) is 14.7. The highest BCUT2D eigenvalue weighted by Crippen LogP contribution is 2.26. The predicted octanol–water partition coefficient (Wildman–Crippen LogP) is 3.76. The molecule has 1 fully saturated rings. The Morgan fingerprint density at radius 3 is 2.62 bits per heavy atom. The van der Waals surface area contributed by atoms with Crippen molar-refractivity contribution in [3.63, 3.8) is 0 Å². The van der Waals surface area contributed by atoms with Gasteiger partial charge in [-0.05, 0) is 52.7 Å². The van der Waals surface area contributed by atoms with Crippen molar-refractivity contribution >= 4 is 17.7 Å². The highest BCUT2D eigenvalue weighted by molar-refractivity contribution is 5.99. The molecule has 1 aromatic carbocycles. The minimum absolute atomic E-state index is 0.187. The van der Waals surface area contributed by atoms with Gasteiger partial charge in [0.1, 0.15) is 12.2 Å². The number of hydrogen-bond acceptors (Lipinski definition) is 5. The van der Waals surface area contributed by atoms with Crippen LogP contribution in [-0.4, -0.2) is 36.5 Å². The van der Waals surface area contributed by atoms with Crippen LogP contribution in [0.4, 0.5) is 10.5 Å². The molecule has 0 saturated carbocycles. The monoisotopic (exact) mass is 335 g/mol. The maximum Gasteiger partial charge on any atom is 0.412 e. The van der Waals surface area contributed by atoms with Gasteiger partial charge in [0.15, 0.2) is 0 Å². The Balaban J connectivity index is 2.02. The van der Waals surface area contributed by atoms with E-state index in [1.54, 1.807) is 45.0 Å². The molecule has 132 valence electrons. The van der Waals surface area contributed by atoms with Gasteiger partial charge in [-0.3, -0.25) is 5.32 Å². The molecule has 0 aliphatic carbocycles. The van der Waals surface area contributed by atoms with E-state index in [1.807, 2.05) is 6.92 Å². The van der Waals surface area contributed by atoms with Crippen LogP contribution in [0.2, 0.25) is 0 Å². The lowest BCUT2D eigenvalue weighted by molar-refractivity contribution is -0.0377. The van der Waals surface area contributed by atoms with E-state index in [2.05, 4.69) is 5.32 Å².